The number of benzene rings is 2. The van der Waals surface area contributed by atoms with Crippen molar-refractivity contribution in [3.8, 4) is 22.9 Å². The first kappa shape index (κ1) is 19.0. The Morgan fingerprint density at radius 3 is 2.45 bits per heavy atom. The molecular formula is C22H23N3O4. The van der Waals surface area contributed by atoms with E-state index in [0.717, 1.165) is 16.8 Å². The van der Waals surface area contributed by atoms with Crippen molar-refractivity contribution in [2.45, 2.75) is 26.2 Å². The molecule has 1 atom stereocenters. The van der Waals surface area contributed by atoms with Crippen molar-refractivity contribution in [2.24, 2.45) is 0 Å². The molecule has 1 aliphatic rings. The van der Waals surface area contributed by atoms with E-state index in [1.54, 1.807) is 25.2 Å². The molecule has 0 bridgehead atoms. The van der Waals surface area contributed by atoms with Crippen LogP contribution >= 0.6 is 0 Å². The van der Waals surface area contributed by atoms with Crippen LogP contribution < -0.4 is 14.4 Å². The molecule has 2 aromatic carbocycles. The van der Waals surface area contributed by atoms with Crippen molar-refractivity contribution in [1.82, 2.24) is 10.1 Å². The van der Waals surface area contributed by atoms with E-state index in [1.807, 2.05) is 38.1 Å². The number of ether oxygens (including phenoxy) is 2. The zero-order valence-corrected chi connectivity index (χ0v) is 16.9. The predicted molar refractivity (Wildman–Crippen MR) is 108 cm³/mol. The van der Waals surface area contributed by atoms with Crippen LogP contribution in [-0.4, -0.2) is 36.8 Å². The van der Waals surface area contributed by atoms with Crippen molar-refractivity contribution < 1.29 is 18.8 Å². The lowest BCUT2D eigenvalue weighted by Gasteiger charge is -2.19. The van der Waals surface area contributed by atoms with Gasteiger partial charge in [-0.15, -0.1) is 0 Å². The van der Waals surface area contributed by atoms with Gasteiger partial charge in [0, 0.05) is 30.3 Å². The zero-order valence-electron chi connectivity index (χ0n) is 16.9. The summed E-state index contributed by atoms with van der Waals surface area (Å²) in [7, 11) is 3.18. The molecule has 0 spiro atoms. The quantitative estimate of drug-likeness (QED) is 0.654. The van der Waals surface area contributed by atoms with Crippen LogP contribution in [0.4, 0.5) is 5.69 Å². The Balaban J connectivity index is 1.58. The van der Waals surface area contributed by atoms with Crippen LogP contribution in [0.5, 0.6) is 11.5 Å². The first-order chi connectivity index (χ1) is 14.0. The lowest BCUT2D eigenvalue weighted by atomic mass is 10.1. The van der Waals surface area contributed by atoms with Gasteiger partial charge in [-0.3, -0.25) is 4.79 Å². The standard InChI is InChI=1S/C22H23N3O4/c1-13-5-6-19(14(2)7-13)25-12-16(10-20(25)26)22-23-21(24-29-22)15-8-17(27-3)11-18(9-15)28-4/h5-9,11,16H,10,12H2,1-4H3. The summed E-state index contributed by atoms with van der Waals surface area (Å²) in [6.07, 6.45) is 0.344. The van der Waals surface area contributed by atoms with Crippen LogP contribution in [0.1, 0.15) is 29.4 Å². The van der Waals surface area contributed by atoms with Crippen LogP contribution in [0.2, 0.25) is 0 Å². The summed E-state index contributed by atoms with van der Waals surface area (Å²) in [5, 5.41) is 4.11. The maximum atomic E-state index is 12.6. The van der Waals surface area contributed by atoms with Crippen molar-refractivity contribution >= 4 is 11.6 Å². The number of hydrogen-bond acceptors (Lipinski definition) is 6. The van der Waals surface area contributed by atoms with Crippen LogP contribution in [0.15, 0.2) is 40.9 Å². The smallest absolute Gasteiger partial charge is 0.232 e. The Labute approximate surface area is 169 Å². The molecule has 1 aliphatic heterocycles. The zero-order chi connectivity index (χ0) is 20.5. The lowest BCUT2D eigenvalue weighted by Crippen LogP contribution is -2.25. The molecular weight excluding hydrogens is 370 g/mol. The van der Waals surface area contributed by atoms with Gasteiger partial charge in [0.2, 0.25) is 17.6 Å². The van der Waals surface area contributed by atoms with E-state index in [-0.39, 0.29) is 11.8 Å². The maximum absolute atomic E-state index is 12.6. The van der Waals surface area contributed by atoms with E-state index in [9.17, 15) is 4.79 Å². The molecule has 4 rings (SSSR count). The van der Waals surface area contributed by atoms with Crippen molar-refractivity contribution in [3.05, 3.63) is 53.4 Å². The highest BCUT2D eigenvalue weighted by molar-refractivity contribution is 5.97. The van der Waals surface area contributed by atoms with Gasteiger partial charge >= 0.3 is 0 Å². The highest BCUT2D eigenvalue weighted by Gasteiger charge is 2.35. The van der Waals surface area contributed by atoms with Crippen molar-refractivity contribution in [2.75, 3.05) is 25.7 Å². The predicted octanol–water partition coefficient (Wildman–Crippen LogP) is 3.89. The maximum Gasteiger partial charge on any atom is 0.232 e. The third-order valence-corrected chi connectivity index (χ3v) is 5.17. The largest absolute Gasteiger partial charge is 0.497 e. The van der Waals surface area contributed by atoms with Crippen molar-refractivity contribution in [3.63, 3.8) is 0 Å². The third-order valence-electron chi connectivity index (χ3n) is 5.17. The molecule has 1 amide bonds. The molecule has 0 radical (unpaired) electrons. The number of anilines is 1. The van der Waals surface area contributed by atoms with Crippen LogP contribution in [0, 0.1) is 13.8 Å². The Kier molecular flexibility index (Phi) is 4.96. The summed E-state index contributed by atoms with van der Waals surface area (Å²) in [6.45, 7) is 4.58. The van der Waals surface area contributed by atoms with E-state index in [2.05, 4.69) is 16.2 Å². The minimum Gasteiger partial charge on any atom is -0.497 e. The number of carbonyl (C=O) groups is 1. The third kappa shape index (κ3) is 3.68. The monoisotopic (exact) mass is 393 g/mol. The normalized spacial score (nSPS) is 16.3. The highest BCUT2D eigenvalue weighted by Crippen LogP contribution is 2.34. The molecule has 1 saturated heterocycles. The first-order valence-corrected chi connectivity index (χ1v) is 9.43. The number of nitrogens with zero attached hydrogens (tertiary/aromatic N) is 3. The number of amides is 1. The second kappa shape index (κ2) is 7.58. The molecule has 7 heteroatoms. The topological polar surface area (TPSA) is 77.7 Å². The first-order valence-electron chi connectivity index (χ1n) is 9.43. The van der Waals surface area contributed by atoms with Gasteiger partial charge in [0.15, 0.2) is 0 Å². The number of carbonyl (C=O) groups excluding carboxylic acids is 1. The molecule has 0 N–H and O–H groups in total. The Morgan fingerprint density at radius 2 is 1.79 bits per heavy atom. The van der Waals surface area contributed by atoms with E-state index in [0.29, 0.717) is 36.2 Å². The molecule has 1 fully saturated rings. The van der Waals surface area contributed by atoms with Crippen LogP contribution in [-0.2, 0) is 4.79 Å². The van der Waals surface area contributed by atoms with Gasteiger partial charge in [-0.25, -0.2) is 0 Å². The SMILES string of the molecule is COc1cc(OC)cc(-c2noc(C3CC(=O)N(c4ccc(C)cc4C)C3)n2)c1. The Morgan fingerprint density at radius 1 is 1.07 bits per heavy atom. The fourth-order valence-corrected chi connectivity index (χ4v) is 3.67. The van der Waals surface area contributed by atoms with E-state index < -0.39 is 0 Å². The number of hydrogen-bond donors (Lipinski definition) is 0. The molecule has 29 heavy (non-hydrogen) atoms. The number of rotatable bonds is 5. The molecule has 1 aromatic heterocycles. The summed E-state index contributed by atoms with van der Waals surface area (Å²) in [5.41, 5.74) is 3.91. The average molecular weight is 393 g/mol. The highest BCUT2D eigenvalue weighted by atomic mass is 16.5. The Hall–Kier alpha value is -3.35. The molecule has 2 heterocycles. The van der Waals surface area contributed by atoms with Crippen molar-refractivity contribution in [1.29, 1.82) is 0 Å². The van der Waals surface area contributed by atoms with Gasteiger partial charge in [-0.2, -0.15) is 4.98 Å². The average Bonchev–Trinajstić information content (AvgIpc) is 3.35. The number of aryl methyl sites for hydroxylation is 2. The van der Waals surface area contributed by atoms with Gasteiger partial charge in [0.05, 0.1) is 20.1 Å². The summed E-state index contributed by atoms with van der Waals surface area (Å²) in [4.78, 5) is 19.0. The van der Waals surface area contributed by atoms with E-state index in [4.69, 9.17) is 14.0 Å². The minimum absolute atomic E-state index is 0.0600. The van der Waals surface area contributed by atoms with E-state index >= 15 is 0 Å². The van der Waals surface area contributed by atoms with Gasteiger partial charge in [0.25, 0.3) is 0 Å². The molecule has 7 nitrogen and oxygen atoms in total. The molecule has 1 unspecified atom stereocenters. The van der Waals surface area contributed by atoms with Crippen LogP contribution in [0.25, 0.3) is 11.4 Å². The number of methoxy groups -OCH3 is 2. The number of aromatic nitrogens is 2. The van der Waals surface area contributed by atoms with Gasteiger partial charge in [0.1, 0.15) is 11.5 Å². The summed E-state index contributed by atoms with van der Waals surface area (Å²) in [6, 6.07) is 11.5. The lowest BCUT2D eigenvalue weighted by molar-refractivity contribution is -0.117. The Bertz CT molecular complexity index is 1040. The molecule has 150 valence electrons. The second-order valence-corrected chi connectivity index (χ2v) is 7.25. The second-order valence-electron chi connectivity index (χ2n) is 7.25. The minimum atomic E-state index is -0.142. The summed E-state index contributed by atoms with van der Waals surface area (Å²) in [5.74, 6) is 2.10. The summed E-state index contributed by atoms with van der Waals surface area (Å²) >= 11 is 0. The summed E-state index contributed by atoms with van der Waals surface area (Å²) < 4.78 is 16.1. The van der Waals surface area contributed by atoms with Crippen LogP contribution in [0.3, 0.4) is 0 Å². The molecule has 0 saturated carbocycles. The fourth-order valence-electron chi connectivity index (χ4n) is 3.67. The van der Waals surface area contributed by atoms with Gasteiger partial charge in [-0.05, 0) is 37.6 Å². The van der Waals surface area contributed by atoms with E-state index in [1.165, 1.54) is 5.56 Å². The molecule has 0 aliphatic carbocycles. The molecule has 3 aromatic rings. The van der Waals surface area contributed by atoms with Gasteiger partial charge < -0.3 is 18.9 Å². The van der Waals surface area contributed by atoms with Gasteiger partial charge in [-0.1, -0.05) is 22.9 Å². The fraction of sp³-hybridized carbons (Fsp3) is 0.318.